The fraction of sp³-hybridized carbons (Fsp3) is 0.350. The molecule has 1 amide bonds. The van der Waals surface area contributed by atoms with Crippen LogP contribution in [-0.4, -0.2) is 33.8 Å². The summed E-state index contributed by atoms with van der Waals surface area (Å²) in [5, 5.41) is 2.97. The van der Waals surface area contributed by atoms with Crippen molar-refractivity contribution in [2.45, 2.75) is 18.9 Å². The zero-order chi connectivity index (χ0) is 18.3. The summed E-state index contributed by atoms with van der Waals surface area (Å²) in [6, 6.07) is 15.0. The zero-order valence-electron chi connectivity index (χ0n) is 15.2. The lowest BCUT2D eigenvalue weighted by molar-refractivity contribution is -0.0164. The molecule has 25 heavy (non-hydrogen) atoms. The third kappa shape index (κ3) is 4.31. The van der Waals surface area contributed by atoms with Crippen molar-refractivity contribution >= 4 is 5.91 Å². The lowest BCUT2D eigenvalue weighted by Gasteiger charge is -2.32. The third-order valence-electron chi connectivity index (χ3n) is 4.41. The Morgan fingerprint density at radius 3 is 2.08 bits per heavy atom. The Morgan fingerprint density at radius 2 is 1.60 bits per heavy atom. The van der Waals surface area contributed by atoms with Gasteiger partial charge < -0.3 is 19.5 Å². The fourth-order valence-corrected chi connectivity index (χ4v) is 2.77. The Morgan fingerprint density at radius 1 is 1.00 bits per heavy atom. The summed E-state index contributed by atoms with van der Waals surface area (Å²) in [5.41, 5.74) is 0.939. The summed E-state index contributed by atoms with van der Waals surface area (Å²) < 4.78 is 16.2. The third-order valence-corrected chi connectivity index (χ3v) is 4.41. The summed E-state index contributed by atoms with van der Waals surface area (Å²) in [7, 11) is 4.77. The van der Waals surface area contributed by atoms with Crippen LogP contribution >= 0.6 is 0 Å². The van der Waals surface area contributed by atoms with Crippen molar-refractivity contribution in [2.75, 3.05) is 27.9 Å². The smallest absolute Gasteiger partial charge is 0.251 e. The second-order valence-electron chi connectivity index (χ2n) is 5.70. The van der Waals surface area contributed by atoms with E-state index in [9.17, 15) is 4.79 Å². The second kappa shape index (κ2) is 8.53. The van der Waals surface area contributed by atoms with Crippen LogP contribution in [0.5, 0.6) is 11.5 Å². The van der Waals surface area contributed by atoms with E-state index in [0.717, 1.165) is 12.0 Å². The van der Waals surface area contributed by atoms with Gasteiger partial charge in [0, 0.05) is 18.7 Å². The maximum absolute atomic E-state index is 12.6. The first kappa shape index (κ1) is 18.8. The van der Waals surface area contributed by atoms with Crippen LogP contribution in [0.1, 0.15) is 29.3 Å². The number of rotatable bonds is 8. The molecule has 0 heterocycles. The molecule has 0 aromatic heterocycles. The molecule has 0 saturated carbocycles. The number of hydrogen-bond acceptors (Lipinski definition) is 4. The van der Waals surface area contributed by atoms with Gasteiger partial charge in [0.05, 0.1) is 20.8 Å². The highest BCUT2D eigenvalue weighted by Gasteiger charge is 2.30. The van der Waals surface area contributed by atoms with Crippen molar-refractivity contribution in [1.29, 1.82) is 0 Å². The van der Waals surface area contributed by atoms with E-state index in [2.05, 4.69) is 5.32 Å². The first-order valence-corrected chi connectivity index (χ1v) is 8.20. The number of ether oxygens (including phenoxy) is 3. The van der Waals surface area contributed by atoms with Crippen molar-refractivity contribution in [3.63, 3.8) is 0 Å². The molecule has 0 saturated heterocycles. The van der Waals surface area contributed by atoms with Crippen LogP contribution in [0.2, 0.25) is 0 Å². The van der Waals surface area contributed by atoms with Gasteiger partial charge >= 0.3 is 0 Å². The van der Waals surface area contributed by atoms with Crippen molar-refractivity contribution in [2.24, 2.45) is 0 Å². The molecule has 0 bridgehead atoms. The molecule has 5 nitrogen and oxygen atoms in total. The lowest BCUT2D eigenvalue weighted by Crippen LogP contribution is -2.41. The van der Waals surface area contributed by atoms with Gasteiger partial charge in [-0.1, -0.05) is 37.3 Å². The predicted molar refractivity (Wildman–Crippen MR) is 97.3 cm³/mol. The van der Waals surface area contributed by atoms with E-state index >= 15 is 0 Å². The molecule has 0 aliphatic carbocycles. The summed E-state index contributed by atoms with van der Waals surface area (Å²) in [5.74, 6) is 0.935. The quantitative estimate of drug-likeness (QED) is 0.798. The predicted octanol–water partition coefficient (Wildman–Crippen LogP) is 3.39. The standard InChI is InChI=1S/C20H25NO4/c1-5-20(25-4,16-9-7-6-8-10-16)14-21-19(22)15-11-17(23-2)13-18(12-15)24-3/h6-13H,5,14H2,1-4H3,(H,21,22). The van der Waals surface area contributed by atoms with Crippen LogP contribution in [-0.2, 0) is 10.3 Å². The maximum Gasteiger partial charge on any atom is 0.251 e. The molecular formula is C20H25NO4. The fourth-order valence-electron chi connectivity index (χ4n) is 2.77. The van der Waals surface area contributed by atoms with Gasteiger partial charge in [-0.15, -0.1) is 0 Å². The van der Waals surface area contributed by atoms with Crippen molar-refractivity contribution in [1.82, 2.24) is 5.32 Å². The minimum absolute atomic E-state index is 0.206. The molecular weight excluding hydrogens is 318 g/mol. The van der Waals surface area contributed by atoms with Crippen LogP contribution in [0.4, 0.5) is 0 Å². The van der Waals surface area contributed by atoms with E-state index in [0.29, 0.717) is 23.6 Å². The minimum Gasteiger partial charge on any atom is -0.497 e. The summed E-state index contributed by atoms with van der Waals surface area (Å²) in [4.78, 5) is 12.6. The molecule has 0 fully saturated rings. The van der Waals surface area contributed by atoms with Gasteiger partial charge in [-0.3, -0.25) is 4.79 Å². The monoisotopic (exact) mass is 343 g/mol. The first-order chi connectivity index (χ1) is 12.1. The summed E-state index contributed by atoms with van der Waals surface area (Å²) in [6.07, 6.45) is 0.731. The molecule has 2 aromatic carbocycles. The molecule has 1 N–H and O–H groups in total. The van der Waals surface area contributed by atoms with Crippen LogP contribution in [0.3, 0.4) is 0 Å². The molecule has 134 valence electrons. The molecule has 0 radical (unpaired) electrons. The van der Waals surface area contributed by atoms with Crippen molar-refractivity contribution in [3.8, 4) is 11.5 Å². The Bertz CT molecular complexity index is 674. The van der Waals surface area contributed by atoms with Crippen LogP contribution in [0.25, 0.3) is 0 Å². The van der Waals surface area contributed by atoms with Gasteiger partial charge in [-0.2, -0.15) is 0 Å². The van der Waals surface area contributed by atoms with Gasteiger partial charge in [-0.25, -0.2) is 0 Å². The molecule has 0 spiro atoms. The Hall–Kier alpha value is -2.53. The van der Waals surface area contributed by atoms with Crippen LogP contribution in [0.15, 0.2) is 48.5 Å². The molecule has 5 heteroatoms. The normalized spacial score (nSPS) is 13.0. The number of carbonyl (C=O) groups excluding carboxylic acids is 1. The Balaban J connectivity index is 2.19. The van der Waals surface area contributed by atoms with Crippen LogP contribution in [0, 0.1) is 0 Å². The average Bonchev–Trinajstić information content (AvgIpc) is 2.69. The zero-order valence-corrected chi connectivity index (χ0v) is 15.2. The van der Waals surface area contributed by atoms with E-state index in [-0.39, 0.29) is 5.91 Å². The SMILES string of the molecule is CCC(CNC(=O)c1cc(OC)cc(OC)c1)(OC)c1ccccc1. The highest BCUT2D eigenvalue weighted by Crippen LogP contribution is 2.28. The van der Waals surface area contributed by atoms with E-state index in [1.54, 1.807) is 39.5 Å². The Kier molecular flexibility index (Phi) is 6.42. The second-order valence-corrected chi connectivity index (χ2v) is 5.70. The highest BCUT2D eigenvalue weighted by molar-refractivity contribution is 5.95. The van der Waals surface area contributed by atoms with E-state index in [1.165, 1.54) is 0 Å². The largest absolute Gasteiger partial charge is 0.497 e. The number of amides is 1. The molecule has 2 rings (SSSR count). The number of nitrogens with one attached hydrogen (secondary N) is 1. The Labute approximate surface area is 148 Å². The van der Waals surface area contributed by atoms with Gasteiger partial charge in [0.1, 0.15) is 17.1 Å². The lowest BCUT2D eigenvalue weighted by atomic mass is 9.90. The number of carbonyl (C=O) groups is 1. The van der Waals surface area contributed by atoms with Gasteiger partial charge in [0.15, 0.2) is 0 Å². The van der Waals surface area contributed by atoms with E-state index in [1.807, 2.05) is 37.3 Å². The highest BCUT2D eigenvalue weighted by atomic mass is 16.5. The molecule has 1 unspecified atom stereocenters. The number of hydrogen-bond donors (Lipinski definition) is 1. The first-order valence-electron chi connectivity index (χ1n) is 8.20. The van der Waals surface area contributed by atoms with Gasteiger partial charge in [-0.05, 0) is 24.1 Å². The van der Waals surface area contributed by atoms with Crippen molar-refractivity contribution < 1.29 is 19.0 Å². The maximum atomic E-state index is 12.6. The number of methoxy groups -OCH3 is 3. The van der Waals surface area contributed by atoms with Crippen molar-refractivity contribution in [3.05, 3.63) is 59.7 Å². The van der Waals surface area contributed by atoms with E-state index in [4.69, 9.17) is 14.2 Å². The van der Waals surface area contributed by atoms with E-state index < -0.39 is 5.60 Å². The summed E-state index contributed by atoms with van der Waals surface area (Å²) >= 11 is 0. The number of benzene rings is 2. The minimum atomic E-state index is -0.570. The van der Waals surface area contributed by atoms with Crippen LogP contribution < -0.4 is 14.8 Å². The molecule has 1 atom stereocenters. The average molecular weight is 343 g/mol. The summed E-state index contributed by atoms with van der Waals surface area (Å²) in [6.45, 7) is 2.40. The topological polar surface area (TPSA) is 56.8 Å². The molecule has 0 aliphatic heterocycles. The molecule has 2 aromatic rings. The molecule has 0 aliphatic rings. The van der Waals surface area contributed by atoms with Gasteiger partial charge in [0.2, 0.25) is 0 Å². The van der Waals surface area contributed by atoms with Gasteiger partial charge in [0.25, 0.3) is 5.91 Å².